The van der Waals surface area contributed by atoms with Crippen LogP contribution in [-0.4, -0.2) is 12.3 Å². The van der Waals surface area contributed by atoms with Gasteiger partial charge in [0.15, 0.2) is 0 Å². The van der Waals surface area contributed by atoms with Crippen molar-refractivity contribution in [2.45, 2.75) is 0 Å². The van der Waals surface area contributed by atoms with Gasteiger partial charge in [0.05, 0.1) is 0 Å². The van der Waals surface area contributed by atoms with E-state index in [2.05, 4.69) is 23.0 Å². The molecule has 0 spiro atoms. The second-order valence-electron chi connectivity index (χ2n) is 1.07. The van der Waals surface area contributed by atoms with Crippen molar-refractivity contribution in [1.82, 2.24) is 5.09 Å². The molecule has 0 amide bonds. The molecular formula is C4H6NP. The molecule has 0 saturated carbocycles. The van der Waals surface area contributed by atoms with E-state index in [4.69, 9.17) is 0 Å². The van der Waals surface area contributed by atoms with Crippen molar-refractivity contribution < 1.29 is 0 Å². The molecule has 0 aromatic heterocycles. The van der Waals surface area contributed by atoms with E-state index < -0.39 is 0 Å². The molecule has 1 heterocycles. The summed E-state index contributed by atoms with van der Waals surface area (Å²) in [6.45, 7) is 1.03. The van der Waals surface area contributed by atoms with Crippen LogP contribution in [0.5, 0.6) is 0 Å². The first-order valence-corrected chi connectivity index (χ1v) is 2.87. The van der Waals surface area contributed by atoms with E-state index in [9.17, 15) is 0 Å². The number of nitrogens with one attached hydrogen (secondary N) is 1. The Morgan fingerprint density at radius 1 is 1.67 bits per heavy atom. The summed E-state index contributed by atoms with van der Waals surface area (Å²) in [4.78, 5) is 0. The average molecular weight is 99.1 g/mol. The lowest BCUT2D eigenvalue weighted by atomic mass is 10.5. The summed E-state index contributed by atoms with van der Waals surface area (Å²) in [6, 6.07) is 0. The summed E-state index contributed by atoms with van der Waals surface area (Å²) in [5.74, 6) is 2.07. The molecule has 0 fully saturated rings. The van der Waals surface area contributed by atoms with Gasteiger partial charge in [0.2, 0.25) is 0 Å². The van der Waals surface area contributed by atoms with E-state index in [1.165, 1.54) is 8.35 Å². The van der Waals surface area contributed by atoms with Gasteiger partial charge in [0, 0.05) is 6.54 Å². The highest BCUT2D eigenvalue weighted by Crippen LogP contribution is 1.88. The van der Waals surface area contributed by atoms with Crippen molar-refractivity contribution >= 4 is 14.2 Å². The van der Waals surface area contributed by atoms with E-state index in [1.54, 1.807) is 0 Å². The van der Waals surface area contributed by atoms with Gasteiger partial charge in [0.1, 0.15) is 0 Å². The molecule has 1 nitrogen and oxygen atoms in total. The zero-order valence-electron chi connectivity index (χ0n) is 3.39. The molecule has 0 bridgehead atoms. The predicted molar refractivity (Wildman–Crippen MR) is 30.1 cm³/mol. The zero-order valence-corrected chi connectivity index (χ0v) is 4.28. The topological polar surface area (TPSA) is 12.0 Å². The molecule has 0 atom stereocenters. The van der Waals surface area contributed by atoms with E-state index >= 15 is 0 Å². The molecule has 0 aromatic rings. The van der Waals surface area contributed by atoms with E-state index in [0.717, 1.165) is 6.54 Å². The van der Waals surface area contributed by atoms with E-state index in [0.29, 0.717) is 0 Å². The monoisotopic (exact) mass is 99.0 g/mol. The Morgan fingerprint density at radius 2 is 2.67 bits per heavy atom. The summed E-state index contributed by atoms with van der Waals surface area (Å²) < 4.78 is 0. The van der Waals surface area contributed by atoms with Crippen molar-refractivity contribution in [2.75, 3.05) is 6.54 Å². The summed E-state index contributed by atoms with van der Waals surface area (Å²) in [5.41, 5.74) is 0. The van der Waals surface area contributed by atoms with Gasteiger partial charge in [-0.05, 0) is 14.2 Å². The highest BCUT2D eigenvalue weighted by atomic mass is 31.1. The lowest BCUT2D eigenvalue weighted by Crippen LogP contribution is -1.99. The van der Waals surface area contributed by atoms with Gasteiger partial charge in [-0.3, -0.25) is 5.09 Å². The second-order valence-corrected chi connectivity index (χ2v) is 1.94. The minimum absolute atomic E-state index is 1.03. The van der Waals surface area contributed by atoms with Crippen LogP contribution in [0.1, 0.15) is 0 Å². The third-order valence-corrected chi connectivity index (χ3v) is 1.28. The highest BCUT2D eigenvalue weighted by molar-refractivity contribution is 7.36. The van der Waals surface area contributed by atoms with E-state index in [-0.39, 0.29) is 0 Å². The maximum absolute atomic E-state index is 3.11. The fourth-order valence-electron chi connectivity index (χ4n) is 0.330. The van der Waals surface area contributed by atoms with Gasteiger partial charge in [-0.1, -0.05) is 12.2 Å². The number of hydrogen-bond acceptors (Lipinski definition) is 1. The van der Waals surface area contributed by atoms with Crippen LogP contribution >= 0.6 is 8.35 Å². The first-order chi connectivity index (χ1) is 3.00. The smallest absolute Gasteiger partial charge is 0.0220 e. The molecular weight excluding hydrogens is 93.0 g/mol. The van der Waals surface area contributed by atoms with Crippen LogP contribution in [0.3, 0.4) is 0 Å². The SMILES string of the molecule is C1=CCNP=C1. The van der Waals surface area contributed by atoms with Crippen LogP contribution in [0.4, 0.5) is 0 Å². The van der Waals surface area contributed by atoms with E-state index in [1.807, 2.05) is 0 Å². The zero-order chi connectivity index (χ0) is 4.24. The van der Waals surface area contributed by atoms with Crippen molar-refractivity contribution in [3.8, 4) is 0 Å². The van der Waals surface area contributed by atoms with Crippen LogP contribution in [0.2, 0.25) is 0 Å². The molecule has 0 saturated heterocycles. The number of rotatable bonds is 0. The molecule has 0 aromatic carbocycles. The summed E-state index contributed by atoms with van der Waals surface area (Å²) in [7, 11) is 1.24. The highest BCUT2D eigenvalue weighted by Gasteiger charge is 1.75. The number of hydrogen-bond donors (Lipinski definition) is 1. The summed E-state index contributed by atoms with van der Waals surface area (Å²) >= 11 is 0. The minimum Gasteiger partial charge on any atom is -0.267 e. The maximum Gasteiger partial charge on any atom is 0.0220 e. The molecule has 0 aliphatic carbocycles. The number of allylic oxidation sites excluding steroid dienone is 1. The lowest BCUT2D eigenvalue weighted by Gasteiger charge is -1.91. The van der Waals surface area contributed by atoms with Gasteiger partial charge >= 0.3 is 0 Å². The molecule has 1 aliphatic heterocycles. The van der Waals surface area contributed by atoms with Crippen LogP contribution in [0.15, 0.2) is 12.2 Å². The third kappa shape index (κ3) is 0.925. The second kappa shape index (κ2) is 2.12. The van der Waals surface area contributed by atoms with Crippen molar-refractivity contribution in [2.24, 2.45) is 0 Å². The quantitative estimate of drug-likeness (QED) is 0.443. The lowest BCUT2D eigenvalue weighted by molar-refractivity contribution is 1.13. The first kappa shape index (κ1) is 4.04. The maximum atomic E-state index is 3.11. The van der Waals surface area contributed by atoms with Crippen molar-refractivity contribution in [3.05, 3.63) is 12.2 Å². The molecule has 1 aliphatic rings. The predicted octanol–water partition coefficient (Wildman–Crippen LogP) is 0.809. The normalized spacial score (nSPS) is 21.3. The Bertz CT molecular complexity index is 73.5. The largest absolute Gasteiger partial charge is 0.267 e. The van der Waals surface area contributed by atoms with Gasteiger partial charge in [0.25, 0.3) is 0 Å². The van der Waals surface area contributed by atoms with Crippen LogP contribution in [-0.2, 0) is 0 Å². The Hall–Kier alpha value is -0.130. The minimum atomic E-state index is 1.03. The summed E-state index contributed by atoms with van der Waals surface area (Å²) in [5, 5.41) is 3.11. The van der Waals surface area contributed by atoms with Crippen LogP contribution < -0.4 is 5.09 Å². The molecule has 1 N–H and O–H groups in total. The fraction of sp³-hybridized carbons (Fsp3) is 0.250. The Labute approximate surface area is 38.9 Å². The van der Waals surface area contributed by atoms with Gasteiger partial charge in [-0.2, -0.15) is 0 Å². The fourth-order valence-corrected chi connectivity index (χ4v) is 0.854. The van der Waals surface area contributed by atoms with Gasteiger partial charge < -0.3 is 0 Å². The molecule has 0 radical (unpaired) electrons. The molecule has 32 valence electrons. The van der Waals surface area contributed by atoms with Crippen LogP contribution in [0.25, 0.3) is 0 Å². The summed E-state index contributed by atoms with van der Waals surface area (Å²) in [6.07, 6.45) is 4.16. The van der Waals surface area contributed by atoms with Gasteiger partial charge in [-0.15, -0.1) is 0 Å². The molecule has 6 heavy (non-hydrogen) atoms. The molecule has 0 unspecified atom stereocenters. The third-order valence-electron chi connectivity index (χ3n) is 0.597. The Balaban J connectivity index is 2.46. The van der Waals surface area contributed by atoms with Crippen molar-refractivity contribution in [1.29, 1.82) is 0 Å². The van der Waals surface area contributed by atoms with Gasteiger partial charge in [-0.25, -0.2) is 0 Å². The average Bonchev–Trinajstić information content (AvgIpc) is 1.72. The Morgan fingerprint density at radius 3 is 2.83 bits per heavy atom. The molecule has 2 heteroatoms. The standard InChI is InChI=1S/C4H6NP/c1-2-4-6-5-3-1/h1-2,4-5H,3H2. The van der Waals surface area contributed by atoms with Crippen molar-refractivity contribution in [3.63, 3.8) is 0 Å². The van der Waals surface area contributed by atoms with Crippen LogP contribution in [0, 0.1) is 0 Å². The Kier molecular flexibility index (Phi) is 1.43. The first-order valence-electron chi connectivity index (χ1n) is 1.91. The molecule has 1 rings (SSSR count).